The van der Waals surface area contributed by atoms with Crippen molar-refractivity contribution in [2.75, 3.05) is 31.6 Å². The van der Waals surface area contributed by atoms with Gasteiger partial charge in [-0.2, -0.15) is 0 Å². The molecule has 1 aromatic rings. The second-order valence-corrected chi connectivity index (χ2v) is 4.93. The fourth-order valence-corrected chi connectivity index (χ4v) is 2.45. The Morgan fingerprint density at radius 3 is 2.79 bits per heavy atom. The number of likely N-dealkylation sites (tertiary alicyclic amines) is 1. The van der Waals surface area contributed by atoms with Crippen LogP contribution >= 0.6 is 0 Å². The van der Waals surface area contributed by atoms with Crippen LogP contribution in [0.3, 0.4) is 0 Å². The summed E-state index contributed by atoms with van der Waals surface area (Å²) in [4.78, 5) is 13.2. The minimum absolute atomic E-state index is 0.0159. The van der Waals surface area contributed by atoms with Crippen molar-refractivity contribution in [2.24, 2.45) is 5.73 Å². The van der Waals surface area contributed by atoms with Gasteiger partial charge in [0.15, 0.2) is 0 Å². The highest BCUT2D eigenvalue weighted by molar-refractivity contribution is 5.93. The summed E-state index contributed by atoms with van der Waals surface area (Å²) >= 11 is 0. The van der Waals surface area contributed by atoms with Crippen molar-refractivity contribution >= 4 is 11.8 Å². The second-order valence-electron chi connectivity index (χ2n) is 4.93. The molecule has 104 valence electrons. The molecule has 1 aliphatic heterocycles. The highest BCUT2D eigenvalue weighted by Gasteiger charge is 2.23. The van der Waals surface area contributed by atoms with E-state index in [-0.39, 0.29) is 5.84 Å². The first kappa shape index (κ1) is 13.7. The molecule has 6 nitrogen and oxygen atoms in total. The Labute approximate surface area is 114 Å². The molecule has 3 N–H and O–H groups in total. The first-order valence-electron chi connectivity index (χ1n) is 6.74. The predicted octanol–water partition coefficient (Wildman–Crippen LogP) is 0.681. The zero-order valence-electron chi connectivity index (χ0n) is 11.6. The molecular weight excluding hydrogens is 240 g/mol. The fourth-order valence-electron chi connectivity index (χ4n) is 2.45. The maximum Gasteiger partial charge on any atom is 0.225 e. The van der Waals surface area contributed by atoms with Crippen LogP contribution < -0.4 is 10.6 Å². The van der Waals surface area contributed by atoms with Crippen LogP contribution in [0.15, 0.2) is 12.3 Å². The van der Waals surface area contributed by atoms with E-state index in [4.69, 9.17) is 11.1 Å². The quantitative estimate of drug-likeness (QED) is 0.616. The summed E-state index contributed by atoms with van der Waals surface area (Å²) in [6, 6.07) is 2.13. The van der Waals surface area contributed by atoms with Crippen LogP contribution in [0, 0.1) is 5.41 Å². The van der Waals surface area contributed by atoms with Gasteiger partial charge in [0, 0.05) is 32.4 Å². The fraction of sp³-hybridized carbons (Fsp3) is 0.615. The van der Waals surface area contributed by atoms with E-state index in [1.54, 1.807) is 12.3 Å². The summed E-state index contributed by atoms with van der Waals surface area (Å²) in [5.74, 6) is 0.639. The van der Waals surface area contributed by atoms with Crippen molar-refractivity contribution in [2.45, 2.75) is 25.8 Å². The Bertz CT molecular complexity index is 439. The molecule has 1 aromatic heterocycles. The first-order valence-corrected chi connectivity index (χ1v) is 6.74. The van der Waals surface area contributed by atoms with E-state index < -0.39 is 0 Å². The Morgan fingerprint density at radius 1 is 1.53 bits per heavy atom. The molecule has 2 rings (SSSR count). The van der Waals surface area contributed by atoms with Crippen molar-refractivity contribution in [3.05, 3.63) is 18.0 Å². The molecule has 0 saturated carbocycles. The van der Waals surface area contributed by atoms with Crippen LogP contribution in [0.2, 0.25) is 0 Å². The van der Waals surface area contributed by atoms with Gasteiger partial charge in [-0.3, -0.25) is 5.41 Å². The van der Waals surface area contributed by atoms with Gasteiger partial charge >= 0.3 is 0 Å². The molecule has 0 bridgehead atoms. The highest BCUT2D eigenvalue weighted by atomic mass is 15.3. The van der Waals surface area contributed by atoms with E-state index in [2.05, 4.69) is 26.7 Å². The monoisotopic (exact) mass is 262 g/mol. The molecule has 2 heterocycles. The average molecular weight is 262 g/mol. The normalized spacial score (nSPS) is 17.4. The van der Waals surface area contributed by atoms with Crippen molar-refractivity contribution in [1.29, 1.82) is 5.41 Å². The molecule has 0 amide bonds. The third-order valence-electron chi connectivity index (χ3n) is 3.79. The van der Waals surface area contributed by atoms with Gasteiger partial charge < -0.3 is 15.5 Å². The number of piperidine rings is 1. The van der Waals surface area contributed by atoms with Gasteiger partial charge in [0.1, 0.15) is 11.5 Å². The Kier molecular flexibility index (Phi) is 4.31. The first-order chi connectivity index (χ1) is 9.11. The summed E-state index contributed by atoms with van der Waals surface area (Å²) < 4.78 is 0. The minimum Gasteiger partial charge on any atom is -0.382 e. The van der Waals surface area contributed by atoms with E-state index in [0.29, 0.717) is 17.7 Å². The van der Waals surface area contributed by atoms with Gasteiger partial charge in [-0.1, -0.05) is 6.92 Å². The maximum absolute atomic E-state index is 7.43. The smallest absolute Gasteiger partial charge is 0.225 e. The largest absolute Gasteiger partial charge is 0.382 e. The average Bonchev–Trinajstić information content (AvgIpc) is 2.46. The third kappa shape index (κ3) is 3.20. The highest BCUT2D eigenvalue weighted by Crippen LogP contribution is 2.18. The number of hydrogen-bond donors (Lipinski definition) is 2. The maximum atomic E-state index is 7.43. The number of hydrogen-bond acceptors (Lipinski definition) is 5. The Balaban J connectivity index is 2.05. The van der Waals surface area contributed by atoms with Gasteiger partial charge in [-0.05, 0) is 25.5 Å². The number of nitrogens with one attached hydrogen (secondary N) is 1. The molecular formula is C13H22N6. The number of nitrogens with zero attached hydrogens (tertiary/aromatic N) is 4. The van der Waals surface area contributed by atoms with Gasteiger partial charge in [-0.25, -0.2) is 9.97 Å². The van der Waals surface area contributed by atoms with Gasteiger partial charge in [-0.15, -0.1) is 0 Å². The molecule has 6 heteroatoms. The molecule has 0 atom stereocenters. The van der Waals surface area contributed by atoms with Crippen molar-refractivity contribution in [1.82, 2.24) is 14.9 Å². The van der Waals surface area contributed by atoms with Crippen molar-refractivity contribution < 1.29 is 0 Å². The zero-order valence-corrected chi connectivity index (χ0v) is 11.6. The van der Waals surface area contributed by atoms with E-state index >= 15 is 0 Å². The summed E-state index contributed by atoms with van der Waals surface area (Å²) in [6.07, 6.45) is 3.91. The molecule has 0 radical (unpaired) electrons. The van der Waals surface area contributed by atoms with Gasteiger partial charge in [0.25, 0.3) is 0 Å². The second kappa shape index (κ2) is 5.97. The lowest BCUT2D eigenvalue weighted by Gasteiger charge is -2.36. The Morgan fingerprint density at radius 2 is 2.21 bits per heavy atom. The van der Waals surface area contributed by atoms with Crippen LogP contribution in [-0.2, 0) is 0 Å². The summed E-state index contributed by atoms with van der Waals surface area (Å²) in [5, 5.41) is 7.43. The Hall–Kier alpha value is -1.69. The molecule has 0 unspecified atom stereocenters. The molecule has 19 heavy (non-hydrogen) atoms. The topological polar surface area (TPSA) is 82.1 Å². The van der Waals surface area contributed by atoms with E-state index in [0.717, 1.165) is 32.5 Å². The standard InChI is InChI=1S/C13H22N6/c1-3-19-8-5-10(6-9-19)18(2)13-16-7-4-11(17-13)12(14)15/h4,7,10H,3,5-6,8-9H2,1-2H3,(H3,14,15). The van der Waals surface area contributed by atoms with Crippen molar-refractivity contribution in [3.8, 4) is 0 Å². The van der Waals surface area contributed by atoms with Gasteiger partial charge in [0.2, 0.25) is 5.95 Å². The lowest BCUT2D eigenvalue weighted by atomic mass is 10.0. The number of nitrogens with two attached hydrogens (primary N) is 1. The third-order valence-corrected chi connectivity index (χ3v) is 3.79. The number of nitrogen functional groups attached to an aromatic ring is 1. The summed E-state index contributed by atoms with van der Waals surface area (Å²) in [7, 11) is 2.02. The number of anilines is 1. The van der Waals surface area contributed by atoms with E-state index in [1.807, 2.05) is 7.05 Å². The van der Waals surface area contributed by atoms with Gasteiger partial charge in [0.05, 0.1) is 0 Å². The van der Waals surface area contributed by atoms with Crippen LogP contribution in [0.1, 0.15) is 25.5 Å². The van der Waals surface area contributed by atoms with Crippen molar-refractivity contribution in [3.63, 3.8) is 0 Å². The predicted molar refractivity (Wildman–Crippen MR) is 76.6 cm³/mol. The van der Waals surface area contributed by atoms with E-state index in [1.165, 1.54) is 0 Å². The number of amidine groups is 1. The summed E-state index contributed by atoms with van der Waals surface area (Å²) in [5.41, 5.74) is 5.95. The zero-order chi connectivity index (χ0) is 13.8. The molecule has 1 fully saturated rings. The van der Waals surface area contributed by atoms with E-state index in [9.17, 15) is 0 Å². The SMILES string of the molecule is CCN1CCC(N(C)c2nccc(C(=N)N)n2)CC1. The molecule has 0 aromatic carbocycles. The molecule has 1 aliphatic rings. The van der Waals surface area contributed by atoms with Crippen LogP contribution in [0.5, 0.6) is 0 Å². The van der Waals surface area contributed by atoms with Crippen LogP contribution in [0.4, 0.5) is 5.95 Å². The molecule has 0 aliphatic carbocycles. The summed E-state index contributed by atoms with van der Waals surface area (Å²) in [6.45, 7) is 5.56. The van der Waals surface area contributed by atoms with Crippen LogP contribution in [-0.4, -0.2) is 53.4 Å². The number of rotatable bonds is 4. The molecule has 1 saturated heterocycles. The lowest BCUT2D eigenvalue weighted by Crippen LogP contribution is -2.44. The lowest BCUT2D eigenvalue weighted by molar-refractivity contribution is 0.220. The minimum atomic E-state index is -0.0159. The molecule has 0 spiro atoms. The van der Waals surface area contributed by atoms with Crippen LogP contribution in [0.25, 0.3) is 0 Å². The number of aromatic nitrogens is 2.